The molecule has 1 aliphatic heterocycles. The van der Waals surface area contributed by atoms with E-state index in [-0.39, 0.29) is 11.8 Å². The van der Waals surface area contributed by atoms with Crippen molar-refractivity contribution in [3.8, 4) is 0 Å². The Bertz CT molecular complexity index is 287. The number of carboxylic acids is 1. The van der Waals surface area contributed by atoms with E-state index < -0.39 is 11.5 Å². The summed E-state index contributed by atoms with van der Waals surface area (Å²) in [5, 5.41) is 11.9. The van der Waals surface area contributed by atoms with Gasteiger partial charge < -0.3 is 20.9 Å². The number of carbonyl (C=O) groups is 2. The molecule has 17 heavy (non-hydrogen) atoms. The van der Waals surface area contributed by atoms with Gasteiger partial charge in [0.15, 0.2) is 0 Å². The summed E-state index contributed by atoms with van der Waals surface area (Å²) >= 11 is 0. The third kappa shape index (κ3) is 3.41. The van der Waals surface area contributed by atoms with Gasteiger partial charge in [0, 0.05) is 32.0 Å². The number of carboxylic acid groups (broad SMARTS) is 1. The summed E-state index contributed by atoms with van der Waals surface area (Å²) in [5.74, 6) is -1.51. The van der Waals surface area contributed by atoms with Gasteiger partial charge in [0.1, 0.15) is 5.54 Å². The smallest absolute Gasteiger partial charge is 0.329 e. The summed E-state index contributed by atoms with van der Waals surface area (Å²) in [6.45, 7) is 2.88. The standard InChI is InChI=1S/C11H20N2O4/c1-8(2-5-12)9(14)13-11(10(15)16)3-6-17-7-4-11/h8H,2-7,12H2,1H3,(H,13,14)(H,15,16). The lowest BCUT2D eigenvalue weighted by molar-refractivity contribution is -0.152. The number of hydrogen-bond donors (Lipinski definition) is 3. The van der Waals surface area contributed by atoms with Crippen molar-refractivity contribution in [2.45, 2.75) is 31.7 Å². The van der Waals surface area contributed by atoms with Gasteiger partial charge in [-0.1, -0.05) is 6.92 Å². The molecule has 0 aliphatic carbocycles. The van der Waals surface area contributed by atoms with Crippen LogP contribution in [0.25, 0.3) is 0 Å². The summed E-state index contributed by atoms with van der Waals surface area (Å²) in [7, 11) is 0. The van der Waals surface area contributed by atoms with Crippen molar-refractivity contribution in [1.82, 2.24) is 5.32 Å². The average Bonchev–Trinajstić information content (AvgIpc) is 2.30. The van der Waals surface area contributed by atoms with Crippen LogP contribution in [0, 0.1) is 5.92 Å². The molecule has 1 saturated heterocycles. The third-order valence-corrected chi connectivity index (χ3v) is 3.17. The van der Waals surface area contributed by atoms with E-state index in [1.54, 1.807) is 6.92 Å². The molecule has 0 aromatic rings. The van der Waals surface area contributed by atoms with Gasteiger partial charge in [-0.2, -0.15) is 0 Å². The second-order valence-electron chi connectivity index (χ2n) is 4.47. The molecule has 1 rings (SSSR count). The fourth-order valence-electron chi connectivity index (χ4n) is 1.85. The molecule has 4 N–H and O–H groups in total. The zero-order valence-corrected chi connectivity index (χ0v) is 10.1. The zero-order valence-electron chi connectivity index (χ0n) is 10.1. The fourth-order valence-corrected chi connectivity index (χ4v) is 1.85. The van der Waals surface area contributed by atoms with E-state index in [9.17, 15) is 14.7 Å². The molecule has 0 saturated carbocycles. The number of ether oxygens (including phenoxy) is 1. The Morgan fingerprint density at radius 2 is 2.06 bits per heavy atom. The lowest BCUT2D eigenvalue weighted by Crippen LogP contribution is -2.58. The topological polar surface area (TPSA) is 102 Å². The number of nitrogens with two attached hydrogens (primary N) is 1. The Hall–Kier alpha value is -1.14. The largest absolute Gasteiger partial charge is 0.480 e. The lowest BCUT2D eigenvalue weighted by Gasteiger charge is -2.34. The predicted octanol–water partition coefficient (Wildman–Crippen LogP) is -0.279. The number of aliphatic carboxylic acids is 1. The van der Waals surface area contributed by atoms with Gasteiger partial charge in [-0.05, 0) is 13.0 Å². The van der Waals surface area contributed by atoms with Gasteiger partial charge in [0.25, 0.3) is 0 Å². The molecule has 1 amide bonds. The fraction of sp³-hybridized carbons (Fsp3) is 0.818. The van der Waals surface area contributed by atoms with Crippen LogP contribution in [0.15, 0.2) is 0 Å². The highest BCUT2D eigenvalue weighted by Crippen LogP contribution is 2.22. The van der Waals surface area contributed by atoms with Crippen LogP contribution in [0.2, 0.25) is 0 Å². The van der Waals surface area contributed by atoms with Crippen molar-refractivity contribution >= 4 is 11.9 Å². The zero-order chi connectivity index (χ0) is 12.9. The Labute approximate surface area is 101 Å². The van der Waals surface area contributed by atoms with E-state index >= 15 is 0 Å². The van der Waals surface area contributed by atoms with Crippen LogP contribution in [0.5, 0.6) is 0 Å². The van der Waals surface area contributed by atoms with Crippen molar-refractivity contribution < 1.29 is 19.4 Å². The Morgan fingerprint density at radius 1 is 1.47 bits per heavy atom. The van der Waals surface area contributed by atoms with Crippen LogP contribution in [0.4, 0.5) is 0 Å². The third-order valence-electron chi connectivity index (χ3n) is 3.17. The summed E-state index contributed by atoms with van der Waals surface area (Å²) < 4.78 is 5.13. The van der Waals surface area contributed by atoms with E-state index in [0.29, 0.717) is 39.0 Å². The Balaban J connectivity index is 2.66. The molecule has 1 unspecified atom stereocenters. The number of amides is 1. The molecule has 0 radical (unpaired) electrons. The van der Waals surface area contributed by atoms with Gasteiger partial charge in [-0.3, -0.25) is 4.79 Å². The van der Waals surface area contributed by atoms with E-state index in [0.717, 1.165) is 0 Å². The van der Waals surface area contributed by atoms with Crippen molar-refractivity contribution in [2.24, 2.45) is 11.7 Å². The molecule has 0 aromatic carbocycles. The number of carbonyl (C=O) groups excluding carboxylic acids is 1. The van der Waals surface area contributed by atoms with Crippen LogP contribution >= 0.6 is 0 Å². The average molecular weight is 244 g/mol. The second-order valence-corrected chi connectivity index (χ2v) is 4.47. The molecule has 0 bridgehead atoms. The maximum absolute atomic E-state index is 11.8. The van der Waals surface area contributed by atoms with E-state index in [1.807, 2.05) is 0 Å². The van der Waals surface area contributed by atoms with Gasteiger partial charge in [0.05, 0.1) is 0 Å². The first-order chi connectivity index (χ1) is 8.02. The van der Waals surface area contributed by atoms with Crippen molar-refractivity contribution in [3.05, 3.63) is 0 Å². The normalized spacial score (nSPS) is 20.6. The Kier molecular flexibility index (Phi) is 4.89. The van der Waals surface area contributed by atoms with E-state index in [1.165, 1.54) is 0 Å². The number of nitrogens with one attached hydrogen (secondary N) is 1. The molecule has 1 fully saturated rings. The van der Waals surface area contributed by atoms with Crippen molar-refractivity contribution in [3.63, 3.8) is 0 Å². The molecule has 98 valence electrons. The monoisotopic (exact) mass is 244 g/mol. The molecule has 6 nitrogen and oxygen atoms in total. The molecule has 1 atom stereocenters. The first-order valence-electron chi connectivity index (χ1n) is 5.85. The first kappa shape index (κ1) is 13.9. The highest BCUT2D eigenvalue weighted by Gasteiger charge is 2.42. The molecule has 0 spiro atoms. The Morgan fingerprint density at radius 3 is 2.53 bits per heavy atom. The molecule has 1 aliphatic rings. The quantitative estimate of drug-likeness (QED) is 0.617. The first-order valence-corrected chi connectivity index (χ1v) is 5.85. The van der Waals surface area contributed by atoms with Gasteiger partial charge in [0.2, 0.25) is 5.91 Å². The van der Waals surface area contributed by atoms with Crippen LogP contribution in [0.1, 0.15) is 26.2 Å². The van der Waals surface area contributed by atoms with Gasteiger partial charge in [-0.25, -0.2) is 4.79 Å². The molecular formula is C11H20N2O4. The summed E-state index contributed by atoms with van der Waals surface area (Å²) in [4.78, 5) is 23.1. The minimum Gasteiger partial charge on any atom is -0.480 e. The predicted molar refractivity (Wildman–Crippen MR) is 61.4 cm³/mol. The van der Waals surface area contributed by atoms with E-state index in [4.69, 9.17) is 10.5 Å². The van der Waals surface area contributed by atoms with Crippen LogP contribution in [-0.4, -0.2) is 42.3 Å². The van der Waals surface area contributed by atoms with Crippen LogP contribution in [-0.2, 0) is 14.3 Å². The lowest BCUT2D eigenvalue weighted by atomic mass is 9.89. The van der Waals surface area contributed by atoms with Gasteiger partial charge >= 0.3 is 5.97 Å². The van der Waals surface area contributed by atoms with Crippen LogP contribution in [0.3, 0.4) is 0 Å². The summed E-state index contributed by atoms with van der Waals surface area (Å²) in [5.41, 5.74) is 4.21. The van der Waals surface area contributed by atoms with Gasteiger partial charge in [-0.15, -0.1) is 0 Å². The summed E-state index contributed by atoms with van der Waals surface area (Å²) in [6.07, 6.45) is 1.17. The minimum atomic E-state index is -1.17. The second kappa shape index (κ2) is 5.97. The minimum absolute atomic E-state index is 0.250. The maximum Gasteiger partial charge on any atom is 0.329 e. The molecule has 0 aromatic heterocycles. The summed E-state index contributed by atoms with van der Waals surface area (Å²) in [6, 6.07) is 0. The van der Waals surface area contributed by atoms with Crippen LogP contribution < -0.4 is 11.1 Å². The number of rotatable bonds is 5. The molecule has 1 heterocycles. The number of hydrogen-bond acceptors (Lipinski definition) is 4. The van der Waals surface area contributed by atoms with Crippen molar-refractivity contribution in [1.29, 1.82) is 0 Å². The maximum atomic E-state index is 11.8. The highest BCUT2D eigenvalue weighted by atomic mass is 16.5. The molecule has 6 heteroatoms. The SMILES string of the molecule is CC(CCN)C(=O)NC1(C(=O)O)CCOCC1. The highest BCUT2D eigenvalue weighted by molar-refractivity contribution is 5.88. The van der Waals surface area contributed by atoms with E-state index in [2.05, 4.69) is 5.32 Å². The molecular weight excluding hydrogens is 224 g/mol. The van der Waals surface area contributed by atoms with Crippen molar-refractivity contribution in [2.75, 3.05) is 19.8 Å².